The monoisotopic (exact) mass is 308 g/mol. The Morgan fingerprint density at radius 3 is 2.73 bits per heavy atom. The van der Waals surface area contributed by atoms with Gasteiger partial charge in [-0.2, -0.15) is 0 Å². The van der Waals surface area contributed by atoms with Crippen LogP contribution in [0.4, 0.5) is 4.79 Å². The first-order valence-electron chi connectivity index (χ1n) is 8.03. The Hall–Kier alpha value is -1.49. The molecule has 0 bridgehead atoms. The highest BCUT2D eigenvalue weighted by atomic mass is 16.6. The maximum absolute atomic E-state index is 12.2. The van der Waals surface area contributed by atoms with Crippen LogP contribution in [-0.2, 0) is 11.3 Å². The predicted octanol–water partition coefficient (Wildman–Crippen LogP) is 3.47. The molecule has 1 aromatic rings. The molecule has 1 N–H and O–H groups in total. The average Bonchev–Trinajstić information content (AvgIpc) is 2.80. The second kappa shape index (κ2) is 6.73. The normalized spacial score (nSPS) is 22.7. The summed E-state index contributed by atoms with van der Waals surface area (Å²) in [6.07, 6.45) is 1.66. The second-order valence-electron chi connectivity index (χ2n) is 7.14. The van der Waals surface area contributed by atoms with Crippen molar-refractivity contribution in [1.29, 1.82) is 0 Å². The van der Waals surface area contributed by atoms with Crippen molar-refractivity contribution in [2.75, 3.05) is 6.54 Å². The van der Waals surface area contributed by atoms with Crippen LogP contribution in [0.15, 0.2) is 16.5 Å². The molecule has 1 aliphatic rings. The largest absolute Gasteiger partial charge is 0.465 e. The second-order valence-corrected chi connectivity index (χ2v) is 7.14. The van der Waals surface area contributed by atoms with Crippen LogP contribution >= 0.6 is 0 Å². The summed E-state index contributed by atoms with van der Waals surface area (Å²) in [5, 5.41) is 3.52. The zero-order chi connectivity index (χ0) is 16.3. The molecule has 0 spiro atoms. The molecule has 2 rings (SSSR count). The van der Waals surface area contributed by atoms with E-state index in [0.29, 0.717) is 6.04 Å². The molecule has 1 aromatic heterocycles. The molecule has 1 saturated heterocycles. The van der Waals surface area contributed by atoms with Gasteiger partial charge in [-0.25, -0.2) is 4.79 Å². The van der Waals surface area contributed by atoms with Crippen LogP contribution in [0.2, 0.25) is 0 Å². The summed E-state index contributed by atoms with van der Waals surface area (Å²) in [5.74, 6) is 1.89. The molecule has 1 amide bonds. The minimum Gasteiger partial charge on any atom is -0.465 e. The number of nitrogens with one attached hydrogen (secondary N) is 1. The SMILES string of the molecule is Cc1ccc(CNC2CCN(C(=O)OC(C)(C)C)C(C)C2)o1. The van der Waals surface area contributed by atoms with Gasteiger partial charge in [-0.15, -0.1) is 0 Å². The Morgan fingerprint density at radius 2 is 2.18 bits per heavy atom. The number of aryl methyl sites for hydroxylation is 1. The lowest BCUT2D eigenvalue weighted by atomic mass is 9.98. The number of amides is 1. The molecule has 124 valence electrons. The van der Waals surface area contributed by atoms with Crippen LogP contribution in [0.25, 0.3) is 0 Å². The number of rotatable bonds is 3. The van der Waals surface area contributed by atoms with Crippen LogP contribution in [0.1, 0.15) is 52.1 Å². The standard InChI is InChI=1S/C17H28N2O3/c1-12-10-14(18-11-15-7-6-13(2)21-15)8-9-19(12)16(20)22-17(3,4)5/h6-7,12,14,18H,8-11H2,1-5H3. The number of carbonyl (C=O) groups is 1. The molecular formula is C17H28N2O3. The van der Waals surface area contributed by atoms with Crippen LogP contribution < -0.4 is 5.32 Å². The zero-order valence-electron chi connectivity index (χ0n) is 14.3. The quantitative estimate of drug-likeness (QED) is 0.929. The maximum atomic E-state index is 12.2. The van der Waals surface area contributed by atoms with Crippen LogP contribution in [0, 0.1) is 6.92 Å². The molecule has 0 saturated carbocycles. The highest BCUT2D eigenvalue weighted by Crippen LogP contribution is 2.21. The first-order chi connectivity index (χ1) is 10.2. The van der Waals surface area contributed by atoms with Crippen molar-refractivity contribution >= 4 is 6.09 Å². The van der Waals surface area contributed by atoms with E-state index in [9.17, 15) is 4.79 Å². The van der Waals surface area contributed by atoms with E-state index in [4.69, 9.17) is 9.15 Å². The minimum absolute atomic E-state index is 0.180. The van der Waals surface area contributed by atoms with Crippen molar-refractivity contribution in [2.45, 2.75) is 71.7 Å². The lowest BCUT2D eigenvalue weighted by Crippen LogP contribution is -2.50. The smallest absolute Gasteiger partial charge is 0.410 e. The summed E-state index contributed by atoms with van der Waals surface area (Å²) in [6, 6.07) is 4.56. The van der Waals surface area contributed by atoms with Gasteiger partial charge in [-0.3, -0.25) is 0 Å². The first kappa shape index (κ1) is 16.9. The molecule has 1 aliphatic heterocycles. The summed E-state index contributed by atoms with van der Waals surface area (Å²) >= 11 is 0. The molecular weight excluding hydrogens is 280 g/mol. The number of nitrogens with zero attached hydrogens (tertiary/aromatic N) is 1. The number of carbonyl (C=O) groups excluding carboxylic acids is 1. The van der Waals surface area contributed by atoms with Crippen LogP contribution in [0.5, 0.6) is 0 Å². The van der Waals surface area contributed by atoms with Gasteiger partial charge >= 0.3 is 6.09 Å². The number of furan rings is 1. The summed E-state index contributed by atoms with van der Waals surface area (Å²) in [4.78, 5) is 14.0. The molecule has 5 nitrogen and oxygen atoms in total. The van der Waals surface area contributed by atoms with Gasteiger partial charge in [0.25, 0.3) is 0 Å². The van der Waals surface area contributed by atoms with E-state index < -0.39 is 5.60 Å². The molecule has 2 unspecified atom stereocenters. The molecule has 22 heavy (non-hydrogen) atoms. The third kappa shape index (κ3) is 4.77. The number of piperidine rings is 1. The fraction of sp³-hybridized carbons (Fsp3) is 0.706. The number of hydrogen-bond acceptors (Lipinski definition) is 4. The summed E-state index contributed by atoms with van der Waals surface area (Å²) in [6.45, 7) is 11.2. The molecule has 0 radical (unpaired) electrons. The minimum atomic E-state index is -0.441. The topological polar surface area (TPSA) is 54.7 Å². The summed E-state index contributed by atoms with van der Waals surface area (Å²) in [5.41, 5.74) is -0.441. The van der Waals surface area contributed by atoms with E-state index in [1.54, 1.807) is 0 Å². The molecule has 0 aliphatic carbocycles. The van der Waals surface area contributed by atoms with Crippen LogP contribution in [0.3, 0.4) is 0 Å². The van der Waals surface area contributed by atoms with Crippen molar-refractivity contribution < 1.29 is 13.9 Å². The lowest BCUT2D eigenvalue weighted by Gasteiger charge is -2.38. The van der Waals surface area contributed by atoms with E-state index >= 15 is 0 Å². The maximum Gasteiger partial charge on any atom is 0.410 e. The van der Waals surface area contributed by atoms with Gasteiger partial charge in [0.2, 0.25) is 0 Å². The zero-order valence-corrected chi connectivity index (χ0v) is 14.3. The Labute approximate surface area is 133 Å². The summed E-state index contributed by atoms with van der Waals surface area (Å²) < 4.78 is 11.0. The Morgan fingerprint density at radius 1 is 1.45 bits per heavy atom. The highest BCUT2D eigenvalue weighted by molar-refractivity contribution is 5.68. The third-order valence-electron chi connectivity index (χ3n) is 3.87. The van der Waals surface area contributed by atoms with E-state index in [0.717, 1.165) is 37.5 Å². The van der Waals surface area contributed by atoms with Gasteiger partial charge in [-0.1, -0.05) is 0 Å². The number of hydrogen-bond donors (Lipinski definition) is 1. The fourth-order valence-electron chi connectivity index (χ4n) is 2.77. The van der Waals surface area contributed by atoms with Gasteiger partial charge in [0.05, 0.1) is 6.54 Å². The molecule has 0 aromatic carbocycles. The molecule has 5 heteroatoms. The Bertz CT molecular complexity index is 504. The Kier molecular flexibility index (Phi) is 5.16. The van der Waals surface area contributed by atoms with E-state index in [1.807, 2.05) is 44.7 Å². The molecule has 2 atom stereocenters. The van der Waals surface area contributed by atoms with E-state index in [1.165, 1.54) is 0 Å². The van der Waals surface area contributed by atoms with Crippen molar-refractivity contribution in [3.63, 3.8) is 0 Å². The third-order valence-corrected chi connectivity index (χ3v) is 3.87. The molecule has 1 fully saturated rings. The van der Waals surface area contributed by atoms with Gasteiger partial charge in [0.1, 0.15) is 17.1 Å². The predicted molar refractivity (Wildman–Crippen MR) is 85.7 cm³/mol. The number of ether oxygens (including phenoxy) is 1. The van der Waals surface area contributed by atoms with E-state index in [2.05, 4.69) is 12.2 Å². The fourth-order valence-corrected chi connectivity index (χ4v) is 2.77. The first-order valence-corrected chi connectivity index (χ1v) is 8.03. The van der Waals surface area contributed by atoms with Crippen molar-refractivity contribution in [3.8, 4) is 0 Å². The van der Waals surface area contributed by atoms with Gasteiger partial charge in [-0.05, 0) is 59.6 Å². The van der Waals surface area contributed by atoms with Crippen molar-refractivity contribution in [1.82, 2.24) is 10.2 Å². The highest BCUT2D eigenvalue weighted by Gasteiger charge is 2.31. The Balaban J connectivity index is 1.80. The summed E-state index contributed by atoms with van der Waals surface area (Å²) in [7, 11) is 0. The van der Waals surface area contributed by atoms with Crippen LogP contribution in [-0.4, -0.2) is 35.2 Å². The number of likely N-dealkylation sites (tertiary alicyclic amines) is 1. The average molecular weight is 308 g/mol. The lowest BCUT2D eigenvalue weighted by molar-refractivity contribution is 0.00925. The van der Waals surface area contributed by atoms with Gasteiger partial charge < -0.3 is 19.4 Å². The molecule has 2 heterocycles. The van der Waals surface area contributed by atoms with Crippen molar-refractivity contribution in [2.24, 2.45) is 0 Å². The van der Waals surface area contributed by atoms with Crippen molar-refractivity contribution in [3.05, 3.63) is 23.7 Å². The van der Waals surface area contributed by atoms with E-state index in [-0.39, 0.29) is 12.1 Å². The van der Waals surface area contributed by atoms with Gasteiger partial charge in [0.15, 0.2) is 0 Å². The van der Waals surface area contributed by atoms with Gasteiger partial charge in [0, 0.05) is 18.6 Å².